The molecular weight excluding hydrogens is 252 g/mol. The Hall–Kier alpha value is -1.55. The summed E-state index contributed by atoms with van der Waals surface area (Å²) in [6.07, 6.45) is 0. The molecular formula is C13H17ClN2O2. The molecule has 0 aromatic heterocycles. The molecule has 0 aliphatic rings. The van der Waals surface area contributed by atoms with Gasteiger partial charge in [0.15, 0.2) is 0 Å². The Morgan fingerprint density at radius 1 is 1.22 bits per heavy atom. The lowest BCUT2D eigenvalue weighted by atomic mass is 10.0. The third-order valence-corrected chi connectivity index (χ3v) is 2.72. The Kier molecular flexibility index (Phi) is 5.65. The largest absolute Gasteiger partial charge is 0.334 e. The molecule has 3 amide bonds. The van der Waals surface area contributed by atoms with Gasteiger partial charge < -0.3 is 5.32 Å². The summed E-state index contributed by atoms with van der Waals surface area (Å²) in [6.45, 7) is 4.62. The summed E-state index contributed by atoms with van der Waals surface area (Å²) < 4.78 is 0. The van der Waals surface area contributed by atoms with Crippen molar-refractivity contribution in [3.63, 3.8) is 0 Å². The van der Waals surface area contributed by atoms with E-state index in [1.807, 2.05) is 24.3 Å². The second-order valence-corrected chi connectivity index (χ2v) is 4.53. The topological polar surface area (TPSA) is 58.2 Å². The zero-order chi connectivity index (χ0) is 13.5. The van der Waals surface area contributed by atoms with Crippen molar-refractivity contribution < 1.29 is 9.59 Å². The average Bonchev–Trinajstić information content (AvgIpc) is 2.36. The smallest absolute Gasteiger partial charge is 0.321 e. The Bertz CT molecular complexity index is 416. The number of urea groups is 1. The van der Waals surface area contributed by atoms with Crippen LogP contribution in [0.5, 0.6) is 0 Å². The number of alkyl halides is 1. The molecule has 0 saturated carbocycles. The van der Waals surface area contributed by atoms with E-state index in [0.717, 1.165) is 5.56 Å². The summed E-state index contributed by atoms with van der Waals surface area (Å²) in [7, 11) is 0. The van der Waals surface area contributed by atoms with Gasteiger partial charge in [-0.15, -0.1) is 11.6 Å². The predicted molar refractivity (Wildman–Crippen MR) is 71.6 cm³/mol. The third-order valence-electron chi connectivity index (χ3n) is 2.47. The quantitative estimate of drug-likeness (QED) is 0.824. The van der Waals surface area contributed by atoms with Crippen LogP contribution in [-0.4, -0.2) is 17.8 Å². The first-order valence-electron chi connectivity index (χ1n) is 5.75. The van der Waals surface area contributed by atoms with E-state index in [4.69, 9.17) is 11.6 Å². The minimum absolute atomic E-state index is 0.226. The molecule has 0 saturated heterocycles. The van der Waals surface area contributed by atoms with Crippen LogP contribution in [0, 0.1) is 0 Å². The van der Waals surface area contributed by atoms with Crippen molar-refractivity contribution in [2.75, 3.05) is 5.88 Å². The van der Waals surface area contributed by atoms with E-state index in [1.54, 1.807) is 0 Å². The highest BCUT2D eigenvalue weighted by Gasteiger charge is 2.05. The zero-order valence-corrected chi connectivity index (χ0v) is 11.3. The maximum Gasteiger partial charge on any atom is 0.321 e. The van der Waals surface area contributed by atoms with Gasteiger partial charge in [-0.2, -0.15) is 0 Å². The van der Waals surface area contributed by atoms with Gasteiger partial charge in [-0.1, -0.05) is 38.1 Å². The Balaban J connectivity index is 2.44. The summed E-state index contributed by atoms with van der Waals surface area (Å²) in [4.78, 5) is 22.1. The molecule has 4 nitrogen and oxygen atoms in total. The highest BCUT2D eigenvalue weighted by Crippen LogP contribution is 2.14. The van der Waals surface area contributed by atoms with Crippen molar-refractivity contribution in [3.05, 3.63) is 35.4 Å². The Morgan fingerprint density at radius 2 is 1.83 bits per heavy atom. The molecule has 0 atom stereocenters. The summed E-state index contributed by atoms with van der Waals surface area (Å²) in [5.41, 5.74) is 2.23. The first-order valence-corrected chi connectivity index (χ1v) is 6.29. The summed E-state index contributed by atoms with van der Waals surface area (Å²) in [5.74, 6) is -0.253. The second-order valence-electron chi connectivity index (χ2n) is 4.26. The fourth-order valence-corrected chi connectivity index (χ4v) is 1.47. The third kappa shape index (κ3) is 4.75. The van der Waals surface area contributed by atoms with Crippen LogP contribution >= 0.6 is 11.6 Å². The number of hydrogen-bond acceptors (Lipinski definition) is 2. The maximum atomic E-state index is 11.3. The predicted octanol–water partition coefficient (Wildman–Crippen LogP) is 2.37. The monoisotopic (exact) mass is 268 g/mol. The Labute approximate surface area is 112 Å². The first-order chi connectivity index (χ1) is 8.52. The van der Waals surface area contributed by atoms with E-state index in [2.05, 4.69) is 24.5 Å². The van der Waals surface area contributed by atoms with Crippen molar-refractivity contribution in [3.8, 4) is 0 Å². The highest BCUT2D eigenvalue weighted by molar-refractivity contribution is 6.28. The van der Waals surface area contributed by atoms with Gasteiger partial charge in [-0.05, 0) is 17.0 Å². The minimum Gasteiger partial charge on any atom is -0.334 e. The lowest BCUT2D eigenvalue weighted by Crippen LogP contribution is -2.39. The Morgan fingerprint density at radius 3 is 2.33 bits per heavy atom. The maximum absolute atomic E-state index is 11.3. The van der Waals surface area contributed by atoms with Crippen LogP contribution < -0.4 is 10.6 Å². The molecule has 0 fully saturated rings. The number of nitrogens with one attached hydrogen (secondary N) is 2. The molecule has 0 aliphatic carbocycles. The molecule has 0 heterocycles. The SMILES string of the molecule is CC(C)c1ccc(CNC(=O)NC(=O)CCl)cc1. The van der Waals surface area contributed by atoms with Crippen LogP contribution in [0.2, 0.25) is 0 Å². The first kappa shape index (κ1) is 14.5. The molecule has 0 spiro atoms. The molecule has 1 aromatic rings. The van der Waals surface area contributed by atoms with Crippen LogP contribution in [0.4, 0.5) is 4.79 Å². The summed E-state index contributed by atoms with van der Waals surface area (Å²) in [5, 5.41) is 4.69. The van der Waals surface area contributed by atoms with Gasteiger partial charge in [-0.25, -0.2) is 4.79 Å². The number of hydrogen-bond donors (Lipinski definition) is 2. The van der Waals surface area contributed by atoms with Crippen LogP contribution in [0.15, 0.2) is 24.3 Å². The molecule has 18 heavy (non-hydrogen) atoms. The molecule has 0 bridgehead atoms. The van der Waals surface area contributed by atoms with E-state index >= 15 is 0 Å². The number of rotatable bonds is 4. The number of benzene rings is 1. The molecule has 1 rings (SSSR count). The second kappa shape index (κ2) is 7.01. The van der Waals surface area contributed by atoms with Gasteiger partial charge in [0.05, 0.1) is 0 Å². The van der Waals surface area contributed by atoms with E-state index in [9.17, 15) is 9.59 Å². The van der Waals surface area contributed by atoms with Gasteiger partial charge in [-0.3, -0.25) is 10.1 Å². The minimum atomic E-state index is -0.534. The van der Waals surface area contributed by atoms with E-state index < -0.39 is 11.9 Å². The fourth-order valence-electron chi connectivity index (χ4n) is 1.41. The average molecular weight is 269 g/mol. The molecule has 1 aromatic carbocycles. The van der Waals surface area contributed by atoms with Crippen LogP contribution in [0.1, 0.15) is 30.9 Å². The summed E-state index contributed by atoms with van der Waals surface area (Å²) in [6, 6.07) is 7.44. The lowest BCUT2D eigenvalue weighted by Gasteiger charge is -2.08. The van der Waals surface area contributed by atoms with Crippen molar-refractivity contribution in [2.24, 2.45) is 0 Å². The van der Waals surface area contributed by atoms with Crippen molar-refractivity contribution in [1.82, 2.24) is 10.6 Å². The van der Waals surface area contributed by atoms with Gasteiger partial charge in [0, 0.05) is 6.54 Å². The number of imide groups is 1. The van der Waals surface area contributed by atoms with Crippen LogP contribution in [0.25, 0.3) is 0 Å². The van der Waals surface area contributed by atoms with E-state index in [1.165, 1.54) is 5.56 Å². The van der Waals surface area contributed by atoms with Gasteiger partial charge in [0.1, 0.15) is 5.88 Å². The zero-order valence-electron chi connectivity index (χ0n) is 10.5. The lowest BCUT2D eigenvalue weighted by molar-refractivity contribution is -0.117. The number of halogens is 1. The van der Waals surface area contributed by atoms with E-state index in [0.29, 0.717) is 12.5 Å². The number of carbonyl (C=O) groups is 2. The molecule has 0 unspecified atom stereocenters. The molecule has 0 aliphatic heterocycles. The highest BCUT2D eigenvalue weighted by atomic mass is 35.5. The van der Waals surface area contributed by atoms with E-state index in [-0.39, 0.29) is 5.88 Å². The van der Waals surface area contributed by atoms with Crippen LogP contribution in [0.3, 0.4) is 0 Å². The molecule has 2 N–H and O–H groups in total. The number of carbonyl (C=O) groups excluding carboxylic acids is 2. The number of amides is 3. The molecule has 5 heteroatoms. The van der Waals surface area contributed by atoms with Crippen molar-refractivity contribution >= 4 is 23.5 Å². The van der Waals surface area contributed by atoms with Crippen molar-refractivity contribution in [2.45, 2.75) is 26.3 Å². The van der Waals surface area contributed by atoms with Crippen LogP contribution in [-0.2, 0) is 11.3 Å². The normalized spacial score (nSPS) is 10.2. The van der Waals surface area contributed by atoms with Gasteiger partial charge in [0.25, 0.3) is 0 Å². The molecule has 0 radical (unpaired) electrons. The summed E-state index contributed by atoms with van der Waals surface area (Å²) >= 11 is 5.27. The fraction of sp³-hybridized carbons (Fsp3) is 0.385. The standard InChI is InChI=1S/C13H17ClN2O2/c1-9(2)11-5-3-10(4-6-11)8-15-13(18)16-12(17)7-14/h3-6,9H,7-8H2,1-2H3,(H2,15,16,17,18). The van der Waals surface area contributed by atoms with Gasteiger partial charge >= 0.3 is 6.03 Å². The molecule has 98 valence electrons. The van der Waals surface area contributed by atoms with Crippen molar-refractivity contribution in [1.29, 1.82) is 0 Å². The van der Waals surface area contributed by atoms with Gasteiger partial charge in [0.2, 0.25) is 5.91 Å².